The summed E-state index contributed by atoms with van der Waals surface area (Å²) in [5.74, 6) is -2.98. The van der Waals surface area contributed by atoms with Crippen molar-refractivity contribution in [3.8, 4) is 0 Å². The lowest BCUT2D eigenvalue weighted by molar-refractivity contribution is -0.696. The van der Waals surface area contributed by atoms with Crippen LogP contribution in [0.1, 0.15) is 39.5 Å². The lowest BCUT2D eigenvalue weighted by Gasteiger charge is -1.89. The molecule has 0 saturated heterocycles. The Hall–Kier alpha value is -2.38. The predicted octanol–water partition coefficient (Wildman–Crippen LogP) is -0.195. The van der Waals surface area contributed by atoms with Crippen molar-refractivity contribution >= 4 is 17.9 Å². The average Bonchev–Trinajstić information content (AvgIpc) is 2.74. The van der Waals surface area contributed by atoms with Crippen LogP contribution in [0.15, 0.2) is 18.7 Å². The summed E-state index contributed by atoms with van der Waals surface area (Å²) in [6, 6.07) is 0. The van der Waals surface area contributed by atoms with E-state index < -0.39 is 17.9 Å². The van der Waals surface area contributed by atoms with Gasteiger partial charge in [-0.05, 0) is 19.8 Å². The first-order chi connectivity index (χ1) is 10.2. The van der Waals surface area contributed by atoms with Gasteiger partial charge >= 0.3 is 11.9 Å². The van der Waals surface area contributed by atoms with Crippen molar-refractivity contribution in [3.63, 3.8) is 0 Å². The van der Waals surface area contributed by atoms with E-state index in [1.165, 1.54) is 6.42 Å². The van der Waals surface area contributed by atoms with Gasteiger partial charge in [0.2, 0.25) is 6.33 Å². The topological polar surface area (TPSA) is 124 Å². The first-order valence-corrected chi connectivity index (χ1v) is 6.81. The molecule has 1 heterocycles. The van der Waals surface area contributed by atoms with Crippen molar-refractivity contribution in [1.82, 2.24) is 4.57 Å². The third-order valence-electron chi connectivity index (χ3n) is 2.09. The summed E-state index contributed by atoms with van der Waals surface area (Å²) >= 11 is 0. The molecule has 0 aliphatic heterocycles. The fraction of sp³-hybridized carbons (Fsp3) is 0.571. The van der Waals surface area contributed by atoms with Gasteiger partial charge in [0.05, 0.1) is 13.6 Å². The van der Waals surface area contributed by atoms with E-state index in [4.69, 9.17) is 20.1 Å². The van der Waals surface area contributed by atoms with E-state index in [0.29, 0.717) is 0 Å². The maximum atomic E-state index is 9.79. The van der Waals surface area contributed by atoms with Crippen LogP contribution in [-0.4, -0.2) is 32.7 Å². The molecule has 0 saturated carbocycles. The van der Waals surface area contributed by atoms with Gasteiger partial charge < -0.3 is 20.1 Å². The van der Waals surface area contributed by atoms with Crippen molar-refractivity contribution in [1.29, 1.82) is 0 Å². The molecule has 0 bridgehead atoms. The number of carbonyl (C=O) groups is 3. The summed E-state index contributed by atoms with van der Waals surface area (Å²) < 4.78 is 4.23. The van der Waals surface area contributed by atoms with Crippen LogP contribution in [-0.2, 0) is 28.0 Å². The normalized spacial score (nSPS) is 8.86. The molecule has 0 aromatic carbocycles. The summed E-state index contributed by atoms with van der Waals surface area (Å²) in [5, 5.41) is 25.0. The molecule has 0 unspecified atom stereocenters. The van der Waals surface area contributed by atoms with Gasteiger partial charge in [-0.25, -0.2) is 9.13 Å². The number of carboxylic acid groups (broad SMARTS) is 3. The fourth-order valence-electron chi connectivity index (χ4n) is 1.28. The van der Waals surface area contributed by atoms with E-state index in [1.54, 1.807) is 0 Å². The number of imidazole rings is 1. The van der Waals surface area contributed by atoms with Crippen LogP contribution in [0.3, 0.4) is 0 Å². The van der Waals surface area contributed by atoms with E-state index in [0.717, 1.165) is 13.5 Å². The SMILES string of the molecule is CC(=O)[O-].CCC[n+]1ccn(C)c1.O=C(O)CCCC(=O)O. The Morgan fingerprint density at radius 2 is 1.64 bits per heavy atom. The van der Waals surface area contributed by atoms with Crippen LogP contribution in [0.5, 0.6) is 0 Å². The van der Waals surface area contributed by atoms with Crippen LogP contribution in [0, 0.1) is 0 Å². The minimum absolute atomic E-state index is 0.0632. The smallest absolute Gasteiger partial charge is 0.303 e. The maximum Gasteiger partial charge on any atom is 0.303 e. The van der Waals surface area contributed by atoms with Crippen LogP contribution >= 0.6 is 0 Å². The molecule has 2 N–H and O–H groups in total. The molecule has 0 atom stereocenters. The third kappa shape index (κ3) is 19.9. The highest BCUT2D eigenvalue weighted by atomic mass is 16.4. The molecule has 1 rings (SSSR count). The van der Waals surface area contributed by atoms with Crippen molar-refractivity contribution in [3.05, 3.63) is 18.7 Å². The standard InChI is InChI=1S/C7H13N2.C5H8O4.C2H4O2/c1-3-4-9-6-5-8(2)7-9;6-4(7)2-1-3-5(8)9;1-2(3)4/h5-7H,3-4H2,1-2H3;1-3H2,(H,6,7)(H,8,9);1H3,(H,3,4)/q+1;;/p-1. The van der Waals surface area contributed by atoms with Gasteiger partial charge in [-0.15, -0.1) is 0 Å². The van der Waals surface area contributed by atoms with E-state index in [2.05, 4.69) is 34.8 Å². The Kier molecular flexibility index (Phi) is 13.5. The Bertz CT molecular complexity index is 438. The number of aliphatic carboxylic acids is 3. The Morgan fingerprint density at radius 1 is 1.18 bits per heavy atom. The summed E-state index contributed by atoms with van der Waals surface area (Å²) in [4.78, 5) is 28.5. The van der Waals surface area contributed by atoms with Crippen LogP contribution in [0.25, 0.3) is 0 Å². The molecule has 8 heteroatoms. The van der Waals surface area contributed by atoms with E-state index in [1.807, 2.05) is 7.05 Å². The number of hydrogen-bond acceptors (Lipinski definition) is 4. The molecule has 0 aliphatic carbocycles. The molecule has 0 radical (unpaired) electrons. The predicted molar refractivity (Wildman–Crippen MR) is 75.7 cm³/mol. The molecule has 22 heavy (non-hydrogen) atoms. The Balaban J connectivity index is 0. The van der Waals surface area contributed by atoms with Crippen molar-refractivity contribution in [2.75, 3.05) is 0 Å². The lowest BCUT2D eigenvalue weighted by atomic mass is 10.2. The number of nitrogens with zero attached hydrogens (tertiary/aromatic N) is 2. The summed E-state index contributed by atoms with van der Waals surface area (Å²) in [7, 11) is 2.03. The zero-order valence-corrected chi connectivity index (χ0v) is 13.2. The molecule has 1 aromatic heterocycles. The molecular weight excluding hydrogens is 292 g/mol. The molecule has 0 fully saturated rings. The van der Waals surface area contributed by atoms with Crippen molar-refractivity contribution in [2.45, 2.75) is 46.1 Å². The zero-order valence-electron chi connectivity index (χ0n) is 13.2. The van der Waals surface area contributed by atoms with Gasteiger partial charge in [0.15, 0.2) is 0 Å². The van der Waals surface area contributed by atoms with Crippen molar-refractivity contribution in [2.24, 2.45) is 7.05 Å². The van der Waals surface area contributed by atoms with Gasteiger partial charge in [0.25, 0.3) is 0 Å². The highest BCUT2D eigenvalue weighted by Gasteiger charge is 1.99. The second-order valence-corrected chi connectivity index (χ2v) is 4.45. The van der Waals surface area contributed by atoms with Crippen LogP contribution in [0.4, 0.5) is 0 Å². The second-order valence-electron chi connectivity index (χ2n) is 4.45. The Morgan fingerprint density at radius 3 is 1.91 bits per heavy atom. The van der Waals surface area contributed by atoms with E-state index >= 15 is 0 Å². The van der Waals surface area contributed by atoms with Crippen LogP contribution < -0.4 is 9.67 Å². The number of carboxylic acids is 3. The molecular formula is C14H24N2O6. The molecule has 0 spiro atoms. The molecule has 126 valence electrons. The lowest BCUT2D eigenvalue weighted by Crippen LogP contribution is -2.30. The van der Waals surface area contributed by atoms with Gasteiger partial charge in [-0.2, -0.15) is 0 Å². The molecule has 1 aromatic rings. The maximum absolute atomic E-state index is 9.79. The number of carbonyl (C=O) groups excluding carboxylic acids is 1. The summed E-state index contributed by atoms with van der Waals surface area (Å²) in [6.07, 6.45) is 7.51. The monoisotopic (exact) mass is 316 g/mol. The highest BCUT2D eigenvalue weighted by molar-refractivity contribution is 5.69. The van der Waals surface area contributed by atoms with Gasteiger partial charge in [0.1, 0.15) is 12.4 Å². The highest BCUT2D eigenvalue weighted by Crippen LogP contribution is 1.93. The van der Waals surface area contributed by atoms with E-state index in [-0.39, 0.29) is 19.3 Å². The fourth-order valence-corrected chi connectivity index (χ4v) is 1.28. The number of aromatic nitrogens is 2. The number of rotatable bonds is 6. The molecule has 0 amide bonds. The van der Waals surface area contributed by atoms with Gasteiger partial charge in [0, 0.05) is 18.8 Å². The average molecular weight is 316 g/mol. The molecule has 0 aliphatic rings. The van der Waals surface area contributed by atoms with Gasteiger partial charge in [-0.1, -0.05) is 6.92 Å². The minimum Gasteiger partial charge on any atom is -0.550 e. The minimum atomic E-state index is -1.08. The number of aryl methyl sites for hydroxylation is 2. The molecule has 8 nitrogen and oxygen atoms in total. The van der Waals surface area contributed by atoms with Crippen molar-refractivity contribution < 1.29 is 34.3 Å². The number of hydrogen-bond donors (Lipinski definition) is 2. The largest absolute Gasteiger partial charge is 0.550 e. The van der Waals surface area contributed by atoms with Crippen LogP contribution in [0.2, 0.25) is 0 Å². The first kappa shape index (κ1) is 21.9. The first-order valence-electron chi connectivity index (χ1n) is 6.81. The summed E-state index contributed by atoms with van der Waals surface area (Å²) in [6.45, 7) is 4.28. The quantitative estimate of drug-likeness (QED) is 0.701. The second kappa shape index (κ2) is 13.6. The van der Waals surface area contributed by atoms with E-state index in [9.17, 15) is 9.59 Å². The third-order valence-corrected chi connectivity index (χ3v) is 2.09. The Labute approximate surface area is 129 Å². The zero-order chi connectivity index (χ0) is 17.5. The summed E-state index contributed by atoms with van der Waals surface area (Å²) in [5.41, 5.74) is 0. The van der Waals surface area contributed by atoms with Gasteiger partial charge in [-0.3, -0.25) is 9.59 Å².